The maximum Gasteiger partial charge on any atom is 0.285 e. The smallest absolute Gasteiger partial charge is 0.285 e. The summed E-state index contributed by atoms with van der Waals surface area (Å²) in [6, 6.07) is 8.75. The maximum absolute atomic E-state index is 12.2. The minimum absolute atomic E-state index is 0.238. The largest absolute Gasteiger partial charge is 0.318 e. The normalized spacial score (nSPS) is 10.2. The van der Waals surface area contributed by atoms with Gasteiger partial charge in [0.2, 0.25) is 0 Å². The first-order valence-corrected chi connectivity index (χ1v) is 6.53. The summed E-state index contributed by atoms with van der Waals surface area (Å²) in [6.45, 7) is 4.06. The van der Waals surface area contributed by atoms with Crippen molar-refractivity contribution in [1.29, 1.82) is 0 Å². The number of rotatable bonds is 4. The highest BCUT2D eigenvalue weighted by Crippen LogP contribution is 2.21. The third kappa shape index (κ3) is 2.92. The molecule has 2 rings (SSSR count). The van der Waals surface area contributed by atoms with E-state index in [9.17, 15) is 9.59 Å². The van der Waals surface area contributed by atoms with Gasteiger partial charge in [-0.15, -0.1) is 0 Å². The molecule has 1 aromatic heterocycles. The van der Waals surface area contributed by atoms with E-state index in [2.05, 4.69) is 15.8 Å². The number of nitrogens with zero attached hydrogens (tertiary/aromatic N) is 2. The van der Waals surface area contributed by atoms with Crippen LogP contribution in [0.3, 0.4) is 0 Å². The molecule has 0 saturated heterocycles. The molecule has 2 amide bonds. The second kappa shape index (κ2) is 6.19. The zero-order chi connectivity index (χ0) is 15.4. The van der Waals surface area contributed by atoms with Gasteiger partial charge in [0.05, 0.1) is 11.4 Å². The Balaban J connectivity index is 2.38. The van der Waals surface area contributed by atoms with Crippen LogP contribution in [0.2, 0.25) is 0 Å². The summed E-state index contributed by atoms with van der Waals surface area (Å²) in [5.74, 6) is 4.39. The summed E-state index contributed by atoms with van der Waals surface area (Å²) < 4.78 is 1.50. The summed E-state index contributed by atoms with van der Waals surface area (Å²) in [5.41, 5.74) is 3.73. The Kier molecular flexibility index (Phi) is 4.34. The number of carbonyl (C=O) groups excluding carboxylic acids is 2. The summed E-state index contributed by atoms with van der Waals surface area (Å²) in [5, 5.41) is 6.96. The van der Waals surface area contributed by atoms with Gasteiger partial charge in [0.1, 0.15) is 0 Å². The van der Waals surface area contributed by atoms with E-state index in [0.717, 1.165) is 0 Å². The van der Waals surface area contributed by atoms with Gasteiger partial charge >= 0.3 is 0 Å². The number of nitrogens with one attached hydrogen (secondary N) is 2. The van der Waals surface area contributed by atoms with Crippen molar-refractivity contribution in [2.45, 2.75) is 20.4 Å². The molecule has 0 atom stereocenters. The fourth-order valence-corrected chi connectivity index (χ4v) is 2.03. The molecule has 7 heteroatoms. The van der Waals surface area contributed by atoms with E-state index >= 15 is 0 Å². The lowest BCUT2D eigenvalue weighted by Crippen LogP contribution is -2.33. The van der Waals surface area contributed by atoms with E-state index in [1.807, 2.05) is 13.0 Å². The molecule has 7 nitrogen and oxygen atoms in total. The molecule has 1 heterocycles. The average Bonchev–Trinajstić information content (AvgIpc) is 2.83. The van der Waals surface area contributed by atoms with Crippen molar-refractivity contribution < 1.29 is 9.59 Å². The van der Waals surface area contributed by atoms with Gasteiger partial charge < -0.3 is 5.32 Å². The number of benzene rings is 1. The first-order chi connectivity index (χ1) is 10.1. The molecule has 0 aliphatic rings. The number of hydrogen-bond acceptors (Lipinski definition) is 4. The number of carbonyl (C=O) groups is 2. The van der Waals surface area contributed by atoms with Crippen molar-refractivity contribution >= 4 is 17.5 Å². The van der Waals surface area contributed by atoms with Gasteiger partial charge in [0, 0.05) is 12.1 Å². The van der Waals surface area contributed by atoms with E-state index in [1.165, 1.54) is 4.68 Å². The molecule has 0 unspecified atom stereocenters. The standard InChI is InChI=1S/C14H17N5O2/c1-3-19-12(14(21)17-15)11(9(2)18-19)16-13(20)10-7-5-4-6-8-10/h4-8H,3,15H2,1-2H3,(H,16,20)(H,17,21). The Morgan fingerprint density at radius 1 is 1.24 bits per heavy atom. The average molecular weight is 287 g/mol. The lowest BCUT2D eigenvalue weighted by molar-refractivity contribution is 0.0944. The molecular formula is C14H17N5O2. The monoisotopic (exact) mass is 287 g/mol. The highest BCUT2D eigenvalue weighted by atomic mass is 16.2. The SMILES string of the molecule is CCn1nc(C)c(NC(=O)c2ccccc2)c1C(=O)NN. The molecule has 0 radical (unpaired) electrons. The van der Waals surface area contributed by atoms with E-state index in [0.29, 0.717) is 23.5 Å². The second-order valence-corrected chi connectivity index (χ2v) is 4.42. The van der Waals surface area contributed by atoms with Gasteiger partial charge in [-0.05, 0) is 26.0 Å². The van der Waals surface area contributed by atoms with Crippen molar-refractivity contribution in [3.63, 3.8) is 0 Å². The van der Waals surface area contributed by atoms with Crippen LogP contribution in [-0.4, -0.2) is 21.6 Å². The highest BCUT2D eigenvalue weighted by Gasteiger charge is 2.22. The van der Waals surface area contributed by atoms with Crippen LogP contribution < -0.4 is 16.6 Å². The van der Waals surface area contributed by atoms with Crippen LogP contribution in [-0.2, 0) is 6.54 Å². The molecule has 4 N–H and O–H groups in total. The fourth-order valence-electron chi connectivity index (χ4n) is 2.03. The molecule has 0 spiro atoms. The first kappa shape index (κ1) is 14.7. The number of aryl methyl sites for hydroxylation is 2. The number of amides is 2. The Morgan fingerprint density at radius 3 is 2.48 bits per heavy atom. The predicted molar refractivity (Wildman–Crippen MR) is 78.7 cm³/mol. The summed E-state index contributed by atoms with van der Waals surface area (Å²) >= 11 is 0. The minimum atomic E-state index is -0.499. The molecule has 2 aromatic rings. The lowest BCUT2D eigenvalue weighted by Gasteiger charge is -2.08. The van der Waals surface area contributed by atoms with Gasteiger partial charge in [0.15, 0.2) is 5.69 Å². The van der Waals surface area contributed by atoms with Crippen molar-refractivity contribution in [2.75, 3.05) is 5.32 Å². The first-order valence-electron chi connectivity index (χ1n) is 6.53. The molecule has 0 fully saturated rings. The van der Waals surface area contributed by atoms with E-state index in [-0.39, 0.29) is 11.6 Å². The lowest BCUT2D eigenvalue weighted by atomic mass is 10.2. The Bertz CT molecular complexity index is 664. The number of anilines is 1. The maximum atomic E-state index is 12.2. The molecule has 21 heavy (non-hydrogen) atoms. The molecular weight excluding hydrogens is 270 g/mol. The summed E-state index contributed by atoms with van der Waals surface area (Å²) in [4.78, 5) is 24.1. The number of nitrogen functional groups attached to an aromatic ring is 1. The minimum Gasteiger partial charge on any atom is -0.318 e. The van der Waals surface area contributed by atoms with Crippen LogP contribution in [0.1, 0.15) is 33.5 Å². The van der Waals surface area contributed by atoms with Gasteiger partial charge in [-0.1, -0.05) is 18.2 Å². The topological polar surface area (TPSA) is 102 Å². The van der Waals surface area contributed by atoms with Gasteiger partial charge in [-0.25, -0.2) is 5.84 Å². The zero-order valence-electron chi connectivity index (χ0n) is 11.9. The number of hydrazine groups is 1. The number of aromatic nitrogens is 2. The van der Waals surface area contributed by atoms with E-state index < -0.39 is 5.91 Å². The van der Waals surface area contributed by atoms with Crippen molar-refractivity contribution in [1.82, 2.24) is 15.2 Å². The molecule has 110 valence electrons. The van der Waals surface area contributed by atoms with Crippen molar-refractivity contribution in [3.8, 4) is 0 Å². The summed E-state index contributed by atoms with van der Waals surface area (Å²) in [7, 11) is 0. The Hall–Kier alpha value is -2.67. The molecule has 0 bridgehead atoms. The molecule has 0 saturated carbocycles. The van der Waals surface area contributed by atoms with Crippen molar-refractivity contribution in [3.05, 3.63) is 47.3 Å². The van der Waals surface area contributed by atoms with Gasteiger partial charge in [-0.2, -0.15) is 5.10 Å². The van der Waals surface area contributed by atoms with E-state index in [4.69, 9.17) is 5.84 Å². The number of nitrogens with two attached hydrogens (primary N) is 1. The van der Waals surface area contributed by atoms with Crippen LogP contribution in [0.5, 0.6) is 0 Å². The number of hydrogen-bond donors (Lipinski definition) is 3. The van der Waals surface area contributed by atoms with Gasteiger partial charge in [-0.3, -0.25) is 19.7 Å². The molecule has 0 aliphatic carbocycles. The highest BCUT2D eigenvalue weighted by molar-refractivity contribution is 6.08. The third-order valence-electron chi connectivity index (χ3n) is 3.05. The Morgan fingerprint density at radius 2 is 1.90 bits per heavy atom. The predicted octanol–water partition coefficient (Wildman–Crippen LogP) is 1.07. The Labute approximate surface area is 122 Å². The van der Waals surface area contributed by atoms with E-state index in [1.54, 1.807) is 31.2 Å². The van der Waals surface area contributed by atoms with Crippen LogP contribution in [0, 0.1) is 6.92 Å². The van der Waals surface area contributed by atoms with Crippen LogP contribution in [0.4, 0.5) is 5.69 Å². The van der Waals surface area contributed by atoms with Gasteiger partial charge in [0.25, 0.3) is 11.8 Å². The fraction of sp³-hybridized carbons (Fsp3) is 0.214. The molecule has 0 aliphatic heterocycles. The quantitative estimate of drug-likeness (QED) is 0.444. The van der Waals surface area contributed by atoms with Crippen LogP contribution in [0.15, 0.2) is 30.3 Å². The third-order valence-corrected chi connectivity index (χ3v) is 3.05. The second-order valence-electron chi connectivity index (χ2n) is 4.42. The van der Waals surface area contributed by atoms with Crippen LogP contribution >= 0.6 is 0 Å². The van der Waals surface area contributed by atoms with Crippen LogP contribution in [0.25, 0.3) is 0 Å². The van der Waals surface area contributed by atoms with Crippen molar-refractivity contribution in [2.24, 2.45) is 5.84 Å². The zero-order valence-corrected chi connectivity index (χ0v) is 11.9. The summed E-state index contributed by atoms with van der Waals surface area (Å²) in [6.07, 6.45) is 0. The molecule has 1 aromatic carbocycles.